The fourth-order valence-electron chi connectivity index (χ4n) is 3.00. The zero-order valence-electron chi connectivity index (χ0n) is 13.8. The van der Waals surface area contributed by atoms with Crippen molar-refractivity contribution in [2.24, 2.45) is 11.1 Å². The van der Waals surface area contributed by atoms with E-state index in [1.807, 2.05) is 12.1 Å². The normalized spacial score (nSPS) is 21.1. The summed E-state index contributed by atoms with van der Waals surface area (Å²) in [4.78, 5) is 10.6. The Kier molecular flexibility index (Phi) is 4.59. The number of aromatic nitrogens is 2. The average molecular weight is 312 g/mol. The summed E-state index contributed by atoms with van der Waals surface area (Å²) in [5.41, 5.74) is 7.66. The molecule has 0 spiro atoms. The highest BCUT2D eigenvalue weighted by Gasteiger charge is 2.33. The molecule has 0 radical (unpaired) electrons. The summed E-state index contributed by atoms with van der Waals surface area (Å²) in [5.74, 6) is 1.28. The molecule has 1 aliphatic heterocycles. The summed E-state index contributed by atoms with van der Waals surface area (Å²) in [6.07, 6.45) is 5.91. The summed E-state index contributed by atoms with van der Waals surface area (Å²) in [6, 6.07) is 8.46. The van der Waals surface area contributed by atoms with Crippen LogP contribution in [0.4, 0.5) is 0 Å². The topological polar surface area (TPSA) is 64.3 Å². The molecule has 3 rings (SSSR count). The zero-order chi connectivity index (χ0) is 16.3. The van der Waals surface area contributed by atoms with Gasteiger partial charge in [-0.15, -0.1) is 0 Å². The number of ether oxygens (including phenoxy) is 1. The van der Waals surface area contributed by atoms with Crippen molar-refractivity contribution in [1.29, 1.82) is 0 Å². The van der Waals surface area contributed by atoms with Crippen LogP contribution in [0.15, 0.2) is 42.9 Å². The molecule has 2 aromatic rings. The predicted molar refractivity (Wildman–Crippen MR) is 90.2 cm³/mol. The lowest BCUT2D eigenvalue weighted by Crippen LogP contribution is -2.52. The third-order valence-corrected chi connectivity index (χ3v) is 4.48. The average Bonchev–Trinajstić information content (AvgIpc) is 2.54. The maximum Gasteiger partial charge on any atom is 0.237 e. The lowest BCUT2D eigenvalue weighted by atomic mass is 9.79. The third-order valence-electron chi connectivity index (χ3n) is 4.48. The van der Waals surface area contributed by atoms with Crippen molar-refractivity contribution in [3.05, 3.63) is 48.4 Å². The maximum absolute atomic E-state index is 6.21. The lowest BCUT2D eigenvalue weighted by molar-refractivity contribution is 0.0899. The SMILES string of the molecule is CC1(C)CN(Cc2ccc(Oc3cnccn3)cc2)CCC1N. The molecule has 1 saturated heterocycles. The zero-order valence-corrected chi connectivity index (χ0v) is 13.8. The predicted octanol–water partition coefficient (Wildman–Crippen LogP) is 2.83. The second kappa shape index (κ2) is 6.64. The van der Waals surface area contributed by atoms with Crippen molar-refractivity contribution in [2.45, 2.75) is 32.9 Å². The van der Waals surface area contributed by atoms with E-state index < -0.39 is 0 Å². The quantitative estimate of drug-likeness (QED) is 0.940. The van der Waals surface area contributed by atoms with Crippen LogP contribution >= 0.6 is 0 Å². The Morgan fingerprint density at radius 3 is 2.70 bits per heavy atom. The van der Waals surface area contributed by atoms with Crippen molar-refractivity contribution < 1.29 is 4.74 Å². The van der Waals surface area contributed by atoms with Gasteiger partial charge in [0.05, 0.1) is 6.20 Å². The third kappa shape index (κ3) is 4.06. The van der Waals surface area contributed by atoms with E-state index in [4.69, 9.17) is 10.5 Å². The van der Waals surface area contributed by atoms with E-state index in [1.165, 1.54) is 5.56 Å². The Bertz CT molecular complexity index is 627. The van der Waals surface area contributed by atoms with Crippen LogP contribution in [0.25, 0.3) is 0 Å². The van der Waals surface area contributed by atoms with Crippen LogP contribution in [-0.4, -0.2) is 34.0 Å². The van der Waals surface area contributed by atoms with Crippen LogP contribution in [0.2, 0.25) is 0 Å². The molecular weight excluding hydrogens is 288 g/mol. The van der Waals surface area contributed by atoms with Crippen molar-refractivity contribution in [1.82, 2.24) is 14.9 Å². The van der Waals surface area contributed by atoms with Gasteiger partial charge in [0.25, 0.3) is 0 Å². The summed E-state index contributed by atoms with van der Waals surface area (Å²) in [5, 5.41) is 0. The summed E-state index contributed by atoms with van der Waals surface area (Å²) < 4.78 is 5.67. The van der Waals surface area contributed by atoms with Crippen LogP contribution < -0.4 is 10.5 Å². The van der Waals surface area contributed by atoms with Crippen LogP contribution in [0.3, 0.4) is 0 Å². The highest BCUT2D eigenvalue weighted by molar-refractivity contribution is 5.29. The Labute approximate surface area is 137 Å². The van der Waals surface area contributed by atoms with Crippen LogP contribution in [0, 0.1) is 5.41 Å². The van der Waals surface area contributed by atoms with Gasteiger partial charge in [-0.05, 0) is 29.5 Å². The van der Waals surface area contributed by atoms with Crippen molar-refractivity contribution in [3.8, 4) is 11.6 Å². The molecule has 1 fully saturated rings. The molecule has 0 bridgehead atoms. The van der Waals surface area contributed by atoms with Crippen molar-refractivity contribution in [3.63, 3.8) is 0 Å². The lowest BCUT2D eigenvalue weighted by Gasteiger charge is -2.42. The minimum atomic E-state index is 0.174. The van der Waals surface area contributed by atoms with Gasteiger partial charge in [-0.1, -0.05) is 26.0 Å². The van der Waals surface area contributed by atoms with Crippen molar-refractivity contribution in [2.75, 3.05) is 13.1 Å². The van der Waals surface area contributed by atoms with E-state index in [0.717, 1.165) is 31.8 Å². The van der Waals surface area contributed by atoms with Gasteiger partial charge >= 0.3 is 0 Å². The molecule has 0 saturated carbocycles. The monoisotopic (exact) mass is 312 g/mol. The first-order valence-corrected chi connectivity index (χ1v) is 8.04. The number of piperidine rings is 1. The molecule has 5 nitrogen and oxygen atoms in total. The molecule has 1 unspecified atom stereocenters. The molecule has 0 amide bonds. The number of hydrogen-bond donors (Lipinski definition) is 1. The molecule has 1 aromatic heterocycles. The Balaban J connectivity index is 1.60. The van der Waals surface area contributed by atoms with E-state index in [0.29, 0.717) is 11.9 Å². The summed E-state index contributed by atoms with van der Waals surface area (Å²) >= 11 is 0. The molecule has 23 heavy (non-hydrogen) atoms. The minimum Gasteiger partial charge on any atom is -0.438 e. The molecule has 1 aliphatic rings. The first-order chi connectivity index (χ1) is 11.0. The number of rotatable bonds is 4. The molecule has 1 aromatic carbocycles. The van der Waals surface area contributed by atoms with E-state index >= 15 is 0 Å². The van der Waals surface area contributed by atoms with E-state index in [-0.39, 0.29) is 5.41 Å². The molecule has 1 atom stereocenters. The smallest absolute Gasteiger partial charge is 0.237 e. The Hall–Kier alpha value is -1.98. The first kappa shape index (κ1) is 15.9. The van der Waals surface area contributed by atoms with Gasteiger partial charge in [-0.3, -0.25) is 9.88 Å². The highest BCUT2D eigenvalue weighted by atomic mass is 16.5. The summed E-state index contributed by atoms with van der Waals surface area (Å²) in [6.45, 7) is 7.54. The maximum atomic E-state index is 6.21. The standard InChI is InChI=1S/C18H24N4O/c1-18(2)13-22(10-7-16(18)19)12-14-3-5-15(6-4-14)23-17-11-20-8-9-21-17/h3-6,8-9,11,16H,7,10,12-13,19H2,1-2H3. The van der Waals surface area contributed by atoms with Crippen LogP contribution in [0.5, 0.6) is 11.6 Å². The number of likely N-dealkylation sites (tertiary alicyclic amines) is 1. The van der Waals surface area contributed by atoms with Gasteiger partial charge in [-0.2, -0.15) is 0 Å². The number of nitrogens with two attached hydrogens (primary N) is 1. The van der Waals surface area contributed by atoms with Gasteiger partial charge < -0.3 is 10.5 Å². The summed E-state index contributed by atoms with van der Waals surface area (Å²) in [7, 11) is 0. The van der Waals surface area contributed by atoms with Crippen LogP contribution in [-0.2, 0) is 6.54 Å². The molecule has 2 N–H and O–H groups in total. The molecule has 2 heterocycles. The van der Waals surface area contributed by atoms with E-state index in [2.05, 4.69) is 40.8 Å². The second-order valence-electron chi connectivity index (χ2n) is 6.88. The molecule has 0 aliphatic carbocycles. The Morgan fingerprint density at radius 1 is 1.26 bits per heavy atom. The van der Waals surface area contributed by atoms with Crippen molar-refractivity contribution >= 4 is 0 Å². The fraction of sp³-hybridized carbons (Fsp3) is 0.444. The highest BCUT2D eigenvalue weighted by Crippen LogP contribution is 2.29. The molecule has 5 heteroatoms. The molecule has 122 valence electrons. The number of hydrogen-bond acceptors (Lipinski definition) is 5. The molecular formula is C18H24N4O. The minimum absolute atomic E-state index is 0.174. The van der Waals surface area contributed by atoms with Gasteiger partial charge in [0.15, 0.2) is 0 Å². The van der Waals surface area contributed by atoms with Gasteiger partial charge in [0.1, 0.15) is 5.75 Å². The first-order valence-electron chi connectivity index (χ1n) is 8.04. The van der Waals surface area contributed by atoms with E-state index in [1.54, 1.807) is 18.6 Å². The van der Waals surface area contributed by atoms with E-state index in [9.17, 15) is 0 Å². The number of benzene rings is 1. The fourth-order valence-corrected chi connectivity index (χ4v) is 3.00. The van der Waals surface area contributed by atoms with Crippen LogP contribution in [0.1, 0.15) is 25.8 Å². The van der Waals surface area contributed by atoms with Gasteiger partial charge in [0.2, 0.25) is 5.88 Å². The number of nitrogens with zero attached hydrogens (tertiary/aromatic N) is 3. The van der Waals surface area contributed by atoms with Gasteiger partial charge in [0, 0.05) is 38.1 Å². The Morgan fingerprint density at radius 2 is 2.04 bits per heavy atom. The van der Waals surface area contributed by atoms with Gasteiger partial charge in [-0.25, -0.2) is 4.98 Å². The second-order valence-corrected chi connectivity index (χ2v) is 6.88. The largest absolute Gasteiger partial charge is 0.438 e.